The summed E-state index contributed by atoms with van der Waals surface area (Å²) in [5.74, 6) is 0.00913. The van der Waals surface area contributed by atoms with Crippen LogP contribution in [-0.4, -0.2) is 37.5 Å². The second-order valence-corrected chi connectivity index (χ2v) is 5.19. The van der Waals surface area contributed by atoms with Crippen molar-refractivity contribution >= 4 is 23.3 Å². The number of hydrogen-bond donors (Lipinski definition) is 2. The maximum Gasteiger partial charge on any atom is 0.323 e. The second-order valence-electron chi connectivity index (χ2n) is 5.19. The van der Waals surface area contributed by atoms with Crippen molar-refractivity contribution in [1.82, 2.24) is 4.90 Å². The molecule has 2 aromatic rings. The molecule has 0 unspecified atom stereocenters. The van der Waals surface area contributed by atoms with Crippen molar-refractivity contribution in [3.63, 3.8) is 0 Å². The molecule has 24 heavy (non-hydrogen) atoms. The van der Waals surface area contributed by atoms with Gasteiger partial charge in [-0.25, -0.2) is 9.18 Å². The first-order valence-corrected chi connectivity index (χ1v) is 7.20. The molecule has 0 aliphatic carbocycles. The predicted molar refractivity (Wildman–Crippen MR) is 89.7 cm³/mol. The lowest BCUT2D eigenvalue weighted by molar-refractivity contribution is -0.130. The molecule has 0 aromatic heterocycles. The van der Waals surface area contributed by atoms with E-state index in [-0.39, 0.29) is 18.3 Å². The molecule has 0 heterocycles. The Hall–Kier alpha value is -3.09. The maximum absolute atomic E-state index is 12.8. The molecular formula is C17H18FN3O3. The topological polar surface area (TPSA) is 70.7 Å². The van der Waals surface area contributed by atoms with E-state index in [0.29, 0.717) is 17.1 Å². The van der Waals surface area contributed by atoms with Crippen LogP contribution in [0.15, 0.2) is 48.5 Å². The fourth-order valence-corrected chi connectivity index (χ4v) is 1.74. The van der Waals surface area contributed by atoms with Crippen LogP contribution in [0.1, 0.15) is 0 Å². The number of likely N-dealkylation sites (N-methyl/N-ethyl adjacent to an activating group) is 1. The number of carbonyl (C=O) groups excluding carboxylic acids is 2. The first kappa shape index (κ1) is 17.3. The fourth-order valence-electron chi connectivity index (χ4n) is 1.74. The maximum atomic E-state index is 12.8. The molecule has 0 saturated heterocycles. The lowest BCUT2D eigenvalue weighted by Crippen LogP contribution is -2.27. The van der Waals surface area contributed by atoms with Gasteiger partial charge in [-0.2, -0.15) is 0 Å². The third kappa shape index (κ3) is 5.28. The van der Waals surface area contributed by atoms with Crippen LogP contribution in [0.25, 0.3) is 0 Å². The Morgan fingerprint density at radius 2 is 1.46 bits per heavy atom. The first-order valence-electron chi connectivity index (χ1n) is 7.20. The Balaban J connectivity index is 1.85. The van der Waals surface area contributed by atoms with Gasteiger partial charge in [0.05, 0.1) is 0 Å². The van der Waals surface area contributed by atoms with E-state index in [9.17, 15) is 14.0 Å². The summed E-state index contributed by atoms with van der Waals surface area (Å²) in [6.07, 6.45) is 0. The standard InChI is InChI=1S/C17H18FN3O3/c1-21(2)16(22)11-24-15-9-7-14(8-10-15)20-17(23)19-13-5-3-12(18)4-6-13/h3-10H,11H2,1-2H3,(H2,19,20,23). The highest BCUT2D eigenvalue weighted by Crippen LogP contribution is 2.16. The summed E-state index contributed by atoms with van der Waals surface area (Å²) >= 11 is 0. The van der Waals surface area contributed by atoms with Gasteiger partial charge >= 0.3 is 6.03 Å². The van der Waals surface area contributed by atoms with Crippen LogP contribution in [0, 0.1) is 5.82 Å². The highest BCUT2D eigenvalue weighted by molar-refractivity contribution is 5.99. The minimum Gasteiger partial charge on any atom is -0.484 e. The quantitative estimate of drug-likeness (QED) is 0.885. The number of hydrogen-bond acceptors (Lipinski definition) is 3. The van der Waals surface area contributed by atoms with Gasteiger partial charge in [-0.3, -0.25) is 4.79 Å². The van der Waals surface area contributed by atoms with Crippen LogP contribution in [0.4, 0.5) is 20.6 Å². The molecule has 2 rings (SSSR count). The van der Waals surface area contributed by atoms with E-state index >= 15 is 0 Å². The average Bonchev–Trinajstić information content (AvgIpc) is 2.56. The summed E-state index contributed by atoms with van der Waals surface area (Å²) in [7, 11) is 3.30. The molecule has 126 valence electrons. The van der Waals surface area contributed by atoms with Crippen molar-refractivity contribution < 1.29 is 18.7 Å². The molecular weight excluding hydrogens is 313 g/mol. The fraction of sp³-hybridized carbons (Fsp3) is 0.176. The van der Waals surface area contributed by atoms with Crippen LogP contribution < -0.4 is 15.4 Å². The zero-order chi connectivity index (χ0) is 17.5. The van der Waals surface area contributed by atoms with E-state index < -0.39 is 6.03 Å². The summed E-state index contributed by atoms with van der Waals surface area (Å²) in [6.45, 7) is -0.0508. The van der Waals surface area contributed by atoms with Gasteiger partial charge < -0.3 is 20.3 Å². The number of carbonyl (C=O) groups is 2. The molecule has 2 N–H and O–H groups in total. The van der Waals surface area contributed by atoms with E-state index in [1.54, 1.807) is 38.4 Å². The minimum absolute atomic E-state index is 0.0508. The van der Waals surface area contributed by atoms with Crippen molar-refractivity contribution in [3.8, 4) is 5.75 Å². The monoisotopic (exact) mass is 331 g/mol. The van der Waals surface area contributed by atoms with Gasteiger partial charge in [-0.05, 0) is 48.5 Å². The number of anilines is 2. The number of nitrogens with one attached hydrogen (secondary N) is 2. The molecule has 0 spiro atoms. The second kappa shape index (κ2) is 7.96. The highest BCUT2D eigenvalue weighted by Gasteiger charge is 2.06. The van der Waals surface area contributed by atoms with Crippen LogP contribution >= 0.6 is 0 Å². The Labute approximate surface area is 139 Å². The Morgan fingerprint density at radius 3 is 1.96 bits per heavy atom. The zero-order valence-corrected chi connectivity index (χ0v) is 13.4. The number of amides is 3. The molecule has 0 aliphatic heterocycles. The largest absolute Gasteiger partial charge is 0.484 e. The summed E-state index contributed by atoms with van der Waals surface area (Å²) in [6, 6.07) is 11.6. The molecule has 0 saturated carbocycles. The van der Waals surface area contributed by atoms with Gasteiger partial charge in [-0.1, -0.05) is 0 Å². The van der Waals surface area contributed by atoms with E-state index in [4.69, 9.17) is 4.74 Å². The van der Waals surface area contributed by atoms with Crippen LogP contribution in [0.2, 0.25) is 0 Å². The molecule has 0 radical (unpaired) electrons. The number of benzene rings is 2. The lowest BCUT2D eigenvalue weighted by Gasteiger charge is -2.12. The summed E-state index contributed by atoms with van der Waals surface area (Å²) in [5.41, 5.74) is 1.04. The van der Waals surface area contributed by atoms with E-state index in [0.717, 1.165) is 0 Å². The number of nitrogens with zero attached hydrogens (tertiary/aromatic N) is 1. The van der Waals surface area contributed by atoms with E-state index in [1.165, 1.54) is 29.2 Å². The third-order valence-corrected chi connectivity index (χ3v) is 3.08. The summed E-state index contributed by atoms with van der Waals surface area (Å²) in [4.78, 5) is 24.7. The normalized spacial score (nSPS) is 9.96. The Bertz CT molecular complexity index is 700. The Kier molecular flexibility index (Phi) is 5.73. The molecule has 0 atom stereocenters. The van der Waals surface area contributed by atoms with Crippen LogP contribution in [-0.2, 0) is 4.79 Å². The molecule has 6 nitrogen and oxygen atoms in total. The van der Waals surface area contributed by atoms with Crippen molar-refractivity contribution in [3.05, 3.63) is 54.3 Å². The SMILES string of the molecule is CN(C)C(=O)COc1ccc(NC(=O)Nc2ccc(F)cc2)cc1. The smallest absolute Gasteiger partial charge is 0.323 e. The van der Waals surface area contributed by atoms with Crippen molar-refractivity contribution in [1.29, 1.82) is 0 Å². The van der Waals surface area contributed by atoms with Gasteiger partial charge in [0.15, 0.2) is 6.61 Å². The molecule has 2 aromatic carbocycles. The zero-order valence-electron chi connectivity index (χ0n) is 13.4. The van der Waals surface area contributed by atoms with Gasteiger partial charge in [0.2, 0.25) is 0 Å². The van der Waals surface area contributed by atoms with Gasteiger partial charge in [0.1, 0.15) is 11.6 Å². The molecule has 0 aliphatic rings. The first-order chi connectivity index (χ1) is 11.4. The number of rotatable bonds is 5. The van der Waals surface area contributed by atoms with Crippen molar-refractivity contribution in [2.45, 2.75) is 0 Å². The molecule has 0 fully saturated rings. The van der Waals surface area contributed by atoms with Crippen LogP contribution in [0.5, 0.6) is 5.75 Å². The highest BCUT2D eigenvalue weighted by atomic mass is 19.1. The molecule has 3 amide bonds. The van der Waals surface area contributed by atoms with Crippen molar-refractivity contribution in [2.75, 3.05) is 31.3 Å². The van der Waals surface area contributed by atoms with E-state index in [2.05, 4.69) is 10.6 Å². The van der Waals surface area contributed by atoms with Gasteiger partial charge in [0.25, 0.3) is 5.91 Å². The molecule has 7 heteroatoms. The number of urea groups is 1. The van der Waals surface area contributed by atoms with Crippen LogP contribution in [0.3, 0.4) is 0 Å². The molecule has 0 bridgehead atoms. The summed E-state index contributed by atoms with van der Waals surface area (Å²) in [5, 5.41) is 5.23. The third-order valence-electron chi connectivity index (χ3n) is 3.08. The minimum atomic E-state index is -0.446. The van der Waals surface area contributed by atoms with E-state index in [1.807, 2.05) is 0 Å². The van der Waals surface area contributed by atoms with Crippen molar-refractivity contribution in [2.24, 2.45) is 0 Å². The predicted octanol–water partition coefficient (Wildman–Crippen LogP) is 2.94. The van der Waals surface area contributed by atoms with Gasteiger partial charge in [-0.15, -0.1) is 0 Å². The summed E-state index contributed by atoms with van der Waals surface area (Å²) < 4.78 is 18.1. The lowest BCUT2D eigenvalue weighted by atomic mass is 10.3. The number of halogens is 1. The Morgan fingerprint density at radius 1 is 0.958 bits per heavy atom. The number of ether oxygens (including phenoxy) is 1. The van der Waals surface area contributed by atoms with Gasteiger partial charge in [0, 0.05) is 25.5 Å². The average molecular weight is 331 g/mol.